The normalized spacial score (nSPS) is 32.0. The van der Waals surface area contributed by atoms with Gasteiger partial charge in [0.05, 0.1) is 0 Å². The van der Waals surface area contributed by atoms with Gasteiger partial charge >= 0.3 is 0 Å². The zero-order valence-electron chi connectivity index (χ0n) is 16.5. The minimum Gasteiger partial charge on any atom is -0.381 e. The Morgan fingerprint density at radius 2 is 1.62 bits per heavy atom. The molecule has 0 radical (unpaired) electrons. The van der Waals surface area contributed by atoms with E-state index in [0.29, 0.717) is 32.0 Å². The highest BCUT2D eigenvalue weighted by Gasteiger charge is 2.54. The summed E-state index contributed by atoms with van der Waals surface area (Å²) in [4.78, 5) is 24.7. The van der Waals surface area contributed by atoms with Crippen molar-refractivity contribution >= 4 is 11.8 Å². The van der Waals surface area contributed by atoms with Crippen LogP contribution in [0.2, 0.25) is 0 Å². The van der Waals surface area contributed by atoms with Crippen molar-refractivity contribution < 1.29 is 14.3 Å². The van der Waals surface area contributed by atoms with E-state index in [9.17, 15) is 9.59 Å². The van der Waals surface area contributed by atoms with Gasteiger partial charge in [-0.2, -0.15) is 0 Å². The van der Waals surface area contributed by atoms with Crippen LogP contribution in [0.25, 0.3) is 0 Å². The van der Waals surface area contributed by atoms with Crippen molar-refractivity contribution in [2.75, 3.05) is 26.3 Å². The first-order valence-corrected chi connectivity index (χ1v) is 10.6. The van der Waals surface area contributed by atoms with Crippen molar-refractivity contribution in [3.8, 4) is 0 Å². The maximum atomic E-state index is 12.8. The quantitative estimate of drug-likeness (QED) is 0.586. The molecule has 148 valence electrons. The van der Waals surface area contributed by atoms with E-state index in [1.807, 2.05) is 0 Å². The summed E-state index contributed by atoms with van der Waals surface area (Å²) in [6.07, 6.45) is 8.46. The van der Waals surface area contributed by atoms with Gasteiger partial charge in [0.25, 0.3) is 0 Å². The fraction of sp³-hybridized carbons (Fsp3) is 0.905. The molecule has 0 aliphatic heterocycles. The number of carbonyl (C=O) groups is 2. The van der Waals surface area contributed by atoms with Gasteiger partial charge in [-0.1, -0.05) is 13.8 Å². The molecule has 4 aliphatic carbocycles. The summed E-state index contributed by atoms with van der Waals surface area (Å²) in [5.41, 5.74) is -0.112. The molecule has 0 atom stereocenters. The number of carbonyl (C=O) groups excluding carboxylic acids is 2. The van der Waals surface area contributed by atoms with Crippen LogP contribution in [0.1, 0.15) is 65.2 Å². The zero-order valence-corrected chi connectivity index (χ0v) is 16.5. The van der Waals surface area contributed by atoms with Gasteiger partial charge in [-0.15, -0.1) is 0 Å². The highest BCUT2D eigenvalue weighted by Crippen LogP contribution is 2.60. The van der Waals surface area contributed by atoms with Crippen molar-refractivity contribution in [3.63, 3.8) is 0 Å². The van der Waals surface area contributed by atoms with E-state index in [-0.39, 0.29) is 17.2 Å². The van der Waals surface area contributed by atoms with Gasteiger partial charge in [-0.3, -0.25) is 9.59 Å². The predicted octanol–water partition coefficient (Wildman–Crippen LogP) is 2.89. The van der Waals surface area contributed by atoms with Crippen LogP contribution in [0.5, 0.6) is 0 Å². The van der Waals surface area contributed by atoms with Crippen LogP contribution in [0.15, 0.2) is 0 Å². The Morgan fingerprint density at radius 3 is 2.19 bits per heavy atom. The standard InChI is InChI=1S/C21H36N2O3/c1-15(2)14-26-7-3-5-22-19(24)4-6-23-20(25)21-11-16-8-17(12-21)10-18(9-16)13-21/h15-18H,3-14H2,1-2H3,(H,22,24)(H,23,25). The molecule has 2 amide bonds. The summed E-state index contributed by atoms with van der Waals surface area (Å²) in [5.74, 6) is 3.09. The molecule has 0 saturated heterocycles. The van der Waals surface area contributed by atoms with Crippen molar-refractivity contribution in [1.82, 2.24) is 10.6 Å². The lowest BCUT2D eigenvalue weighted by molar-refractivity contribution is -0.146. The predicted molar refractivity (Wildman–Crippen MR) is 102 cm³/mol. The Kier molecular flexibility index (Phi) is 6.60. The number of hydrogen-bond donors (Lipinski definition) is 2. The molecule has 0 unspecified atom stereocenters. The third-order valence-electron chi connectivity index (χ3n) is 6.40. The molecule has 5 nitrogen and oxygen atoms in total. The van der Waals surface area contributed by atoms with Crippen LogP contribution < -0.4 is 10.6 Å². The van der Waals surface area contributed by atoms with Gasteiger partial charge in [0.1, 0.15) is 0 Å². The van der Waals surface area contributed by atoms with E-state index in [4.69, 9.17) is 4.74 Å². The number of nitrogens with one attached hydrogen (secondary N) is 2. The Balaban J connectivity index is 1.29. The molecular formula is C21H36N2O3. The minimum atomic E-state index is -0.112. The Hall–Kier alpha value is -1.10. The van der Waals surface area contributed by atoms with E-state index >= 15 is 0 Å². The highest BCUT2D eigenvalue weighted by atomic mass is 16.5. The topological polar surface area (TPSA) is 67.4 Å². The van der Waals surface area contributed by atoms with Gasteiger partial charge in [-0.25, -0.2) is 0 Å². The second-order valence-corrected chi connectivity index (χ2v) is 9.38. The minimum absolute atomic E-state index is 0.0136. The second kappa shape index (κ2) is 8.73. The SMILES string of the molecule is CC(C)COCCCNC(=O)CCNC(=O)C12CC3CC(CC(C3)C1)C2. The van der Waals surface area contributed by atoms with Gasteiger partial charge in [0.15, 0.2) is 0 Å². The summed E-state index contributed by atoms with van der Waals surface area (Å²) in [7, 11) is 0. The summed E-state index contributed by atoms with van der Waals surface area (Å²) in [6, 6.07) is 0. The van der Waals surface area contributed by atoms with Crippen LogP contribution in [-0.4, -0.2) is 38.1 Å². The summed E-state index contributed by atoms with van der Waals surface area (Å²) < 4.78 is 5.50. The molecule has 0 heterocycles. The number of rotatable bonds is 10. The molecule has 4 saturated carbocycles. The first-order chi connectivity index (χ1) is 12.5. The summed E-state index contributed by atoms with van der Waals surface area (Å²) >= 11 is 0. The molecule has 26 heavy (non-hydrogen) atoms. The maximum absolute atomic E-state index is 12.8. The van der Waals surface area contributed by atoms with E-state index < -0.39 is 0 Å². The first kappa shape index (κ1) is 19.7. The highest BCUT2D eigenvalue weighted by molar-refractivity contribution is 5.84. The van der Waals surface area contributed by atoms with Crippen molar-refractivity contribution in [2.24, 2.45) is 29.1 Å². The van der Waals surface area contributed by atoms with Crippen LogP contribution in [0, 0.1) is 29.1 Å². The van der Waals surface area contributed by atoms with Gasteiger partial charge < -0.3 is 15.4 Å². The first-order valence-electron chi connectivity index (χ1n) is 10.6. The molecule has 2 N–H and O–H groups in total. The third kappa shape index (κ3) is 4.99. The smallest absolute Gasteiger partial charge is 0.226 e. The van der Waals surface area contributed by atoms with E-state index in [1.165, 1.54) is 19.3 Å². The Labute approximate surface area is 158 Å². The molecule has 4 rings (SSSR count). The van der Waals surface area contributed by atoms with E-state index in [1.54, 1.807) is 0 Å². The average Bonchev–Trinajstić information content (AvgIpc) is 2.56. The molecular weight excluding hydrogens is 328 g/mol. The second-order valence-electron chi connectivity index (χ2n) is 9.38. The number of ether oxygens (including phenoxy) is 1. The molecule has 4 bridgehead atoms. The summed E-state index contributed by atoms with van der Waals surface area (Å²) in [6.45, 7) is 6.79. The molecule has 5 heteroatoms. The molecule has 4 fully saturated rings. The van der Waals surface area contributed by atoms with Crippen LogP contribution in [0.3, 0.4) is 0 Å². The van der Waals surface area contributed by atoms with Crippen molar-refractivity contribution in [2.45, 2.75) is 65.2 Å². The number of amides is 2. The van der Waals surface area contributed by atoms with Gasteiger partial charge in [0, 0.05) is 38.1 Å². The lowest BCUT2D eigenvalue weighted by atomic mass is 9.49. The summed E-state index contributed by atoms with van der Waals surface area (Å²) in [5, 5.41) is 5.98. The molecule has 4 aliphatic rings. The maximum Gasteiger partial charge on any atom is 0.226 e. The zero-order chi connectivity index (χ0) is 18.6. The third-order valence-corrected chi connectivity index (χ3v) is 6.40. The van der Waals surface area contributed by atoms with Crippen LogP contribution in [-0.2, 0) is 14.3 Å². The fourth-order valence-electron chi connectivity index (χ4n) is 5.68. The van der Waals surface area contributed by atoms with Crippen molar-refractivity contribution in [1.29, 1.82) is 0 Å². The Morgan fingerprint density at radius 1 is 1.00 bits per heavy atom. The monoisotopic (exact) mass is 364 g/mol. The molecule has 0 spiro atoms. The van der Waals surface area contributed by atoms with Gasteiger partial charge in [-0.05, 0) is 68.6 Å². The number of hydrogen-bond acceptors (Lipinski definition) is 3. The lowest BCUT2D eigenvalue weighted by Crippen LogP contribution is -2.53. The largest absolute Gasteiger partial charge is 0.381 e. The van der Waals surface area contributed by atoms with E-state index in [0.717, 1.165) is 50.0 Å². The van der Waals surface area contributed by atoms with Crippen LogP contribution >= 0.6 is 0 Å². The average molecular weight is 365 g/mol. The molecule has 0 aromatic carbocycles. The fourth-order valence-corrected chi connectivity index (χ4v) is 5.68. The van der Waals surface area contributed by atoms with E-state index in [2.05, 4.69) is 24.5 Å². The van der Waals surface area contributed by atoms with Gasteiger partial charge in [0.2, 0.25) is 11.8 Å². The molecule has 0 aromatic rings. The van der Waals surface area contributed by atoms with Crippen LogP contribution in [0.4, 0.5) is 0 Å². The Bertz CT molecular complexity index is 468. The van der Waals surface area contributed by atoms with Crippen molar-refractivity contribution in [3.05, 3.63) is 0 Å². The lowest BCUT2D eigenvalue weighted by Gasteiger charge is -2.55. The molecule has 0 aromatic heterocycles.